The van der Waals surface area contributed by atoms with E-state index in [0.717, 1.165) is 25.5 Å². The van der Waals surface area contributed by atoms with Gasteiger partial charge in [0, 0.05) is 19.1 Å². The first kappa shape index (κ1) is 20.3. The number of rotatable bonds is 7. The Labute approximate surface area is 163 Å². The van der Waals surface area contributed by atoms with E-state index in [2.05, 4.69) is 4.72 Å². The number of likely N-dealkylation sites (tertiary alicyclic amines) is 1. The minimum absolute atomic E-state index is 0.109. The van der Waals surface area contributed by atoms with Crippen molar-refractivity contribution in [2.45, 2.75) is 31.9 Å². The number of nitrogens with one attached hydrogen (secondary N) is 1. The fraction of sp³-hybridized carbons (Fsp3) is 0.421. The van der Waals surface area contributed by atoms with Gasteiger partial charge in [-0.1, -0.05) is 0 Å². The number of hydrogen-bond acceptors (Lipinski definition) is 5. The number of hydrogen-bond donors (Lipinski definition) is 1. The highest BCUT2D eigenvalue weighted by atomic mass is 32.2. The first-order chi connectivity index (χ1) is 13.3. The number of benzene rings is 1. The van der Waals surface area contributed by atoms with Crippen molar-refractivity contribution in [1.82, 2.24) is 9.62 Å². The molecule has 0 aliphatic carbocycles. The molecule has 0 spiro atoms. The standard InChI is InChI=1S/C19H23FN2O5S/c1-28(24,25)21-12-15-4-2-3-11-22(15)19(23)18-10-9-17(27-18)13-26-16-7-5-14(20)6-8-16/h5-10,15,21H,2-4,11-13H2,1H3. The summed E-state index contributed by atoms with van der Waals surface area (Å²) in [5.74, 6) is 0.529. The number of sulfonamides is 1. The van der Waals surface area contributed by atoms with Crippen LogP contribution in [-0.4, -0.2) is 44.6 Å². The third-order valence-electron chi connectivity index (χ3n) is 4.54. The molecule has 1 N–H and O–H groups in total. The molecule has 1 saturated heterocycles. The van der Waals surface area contributed by atoms with Gasteiger partial charge >= 0.3 is 0 Å². The van der Waals surface area contributed by atoms with Crippen LogP contribution in [0, 0.1) is 5.82 Å². The predicted molar refractivity (Wildman–Crippen MR) is 101 cm³/mol. The Morgan fingerprint density at radius 1 is 1.25 bits per heavy atom. The van der Waals surface area contributed by atoms with E-state index in [4.69, 9.17) is 9.15 Å². The van der Waals surface area contributed by atoms with Crippen molar-refractivity contribution < 1.29 is 26.8 Å². The van der Waals surface area contributed by atoms with E-state index in [0.29, 0.717) is 18.1 Å². The number of ether oxygens (including phenoxy) is 1. The molecule has 1 aliphatic heterocycles. The number of furan rings is 1. The summed E-state index contributed by atoms with van der Waals surface area (Å²) in [6.07, 6.45) is 3.63. The van der Waals surface area contributed by atoms with Crippen molar-refractivity contribution in [1.29, 1.82) is 0 Å². The maximum atomic E-state index is 12.9. The number of amides is 1. The number of halogens is 1. The molecule has 3 rings (SSSR count). The second-order valence-corrected chi connectivity index (χ2v) is 8.61. The minimum atomic E-state index is -3.32. The highest BCUT2D eigenvalue weighted by Gasteiger charge is 2.29. The van der Waals surface area contributed by atoms with Crippen LogP contribution >= 0.6 is 0 Å². The second kappa shape index (κ2) is 8.74. The topological polar surface area (TPSA) is 88.9 Å². The summed E-state index contributed by atoms with van der Waals surface area (Å²) in [5, 5.41) is 0. The van der Waals surface area contributed by atoms with Gasteiger partial charge in [0.1, 0.15) is 23.9 Å². The fourth-order valence-electron chi connectivity index (χ4n) is 3.12. The van der Waals surface area contributed by atoms with Crippen LogP contribution in [0.3, 0.4) is 0 Å². The normalized spacial score (nSPS) is 17.5. The Balaban J connectivity index is 1.62. The largest absolute Gasteiger partial charge is 0.486 e. The Morgan fingerprint density at radius 3 is 2.71 bits per heavy atom. The van der Waals surface area contributed by atoms with Crippen LogP contribution in [0.2, 0.25) is 0 Å². The lowest BCUT2D eigenvalue weighted by atomic mass is 10.0. The summed E-state index contributed by atoms with van der Waals surface area (Å²) in [7, 11) is -3.32. The smallest absolute Gasteiger partial charge is 0.289 e. The Morgan fingerprint density at radius 2 is 2.00 bits per heavy atom. The molecule has 0 saturated carbocycles. The van der Waals surface area contributed by atoms with Gasteiger partial charge in [-0.15, -0.1) is 0 Å². The van der Waals surface area contributed by atoms with E-state index in [9.17, 15) is 17.6 Å². The maximum absolute atomic E-state index is 12.9. The number of nitrogens with zero attached hydrogens (tertiary/aromatic N) is 1. The van der Waals surface area contributed by atoms with Crippen molar-refractivity contribution in [3.8, 4) is 5.75 Å². The lowest BCUT2D eigenvalue weighted by Crippen LogP contribution is -2.49. The molecule has 7 nitrogen and oxygen atoms in total. The van der Waals surface area contributed by atoms with Crippen LogP contribution in [0.1, 0.15) is 35.6 Å². The maximum Gasteiger partial charge on any atom is 0.289 e. The summed E-state index contributed by atoms with van der Waals surface area (Å²) in [5.41, 5.74) is 0. The van der Waals surface area contributed by atoms with Crippen LogP contribution in [0.4, 0.5) is 4.39 Å². The van der Waals surface area contributed by atoms with Gasteiger partial charge in [-0.05, 0) is 55.7 Å². The van der Waals surface area contributed by atoms with Crippen LogP contribution in [0.15, 0.2) is 40.8 Å². The number of carbonyl (C=O) groups excluding carboxylic acids is 1. The molecule has 0 radical (unpaired) electrons. The van der Waals surface area contributed by atoms with Gasteiger partial charge < -0.3 is 14.1 Å². The summed E-state index contributed by atoms with van der Waals surface area (Å²) in [6.45, 7) is 0.848. The van der Waals surface area contributed by atoms with Crippen LogP contribution < -0.4 is 9.46 Å². The Hall–Kier alpha value is -2.39. The summed E-state index contributed by atoms with van der Waals surface area (Å²) < 4.78 is 49.2. The molecular formula is C19H23FN2O5S. The summed E-state index contributed by atoms with van der Waals surface area (Å²) in [6, 6.07) is 8.65. The molecule has 1 aromatic heterocycles. The zero-order valence-corrected chi connectivity index (χ0v) is 16.4. The van der Waals surface area contributed by atoms with Crippen LogP contribution in [0.25, 0.3) is 0 Å². The third kappa shape index (κ3) is 5.56. The van der Waals surface area contributed by atoms with E-state index in [-0.39, 0.29) is 36.7 Å². The minimum Gasteiger partial charge on any atom is -0.486 e. The first-order valence-electron chi connectivity index (χ1n) is 9.04. The Kier molecular flexibility index (Phi) is 6.35. The molecule has 0 bridgehead atoms. The molecule has 2 aromatic rings. The zero-order chi connectivity index (χ0) is 20.1. The molecule has 9 heteroatoms. The third-order valence-corrected chi connectivity index (χ3v) is 5.23. The van der Waals surface area contributed by atoms with Crippen molar-refractivity contribution in [2.24, 2.45) is 0 Å². The molecule has 1 atom stereocenters. The SMILES string of the molecule is CS(=O)(=O)NCC1CCCCN1C(=O)c1ccc(COc2ccc(F)cc2)o1. The van der Waals surface area contributed by atoms with Gasteiger partial charge in [0.15, 0.2) is 5.76 Å². The van der Waals surface area contributed by atoms with Crippen molar-refractivity contribution in [2.75, 3.05) is 19.3 Å². The average Bonchev–Trinajstić information content (AvgIpc) is 3.14. The average molecular weight is 410 g/mol. The van der Waals surface area contributed by atoms with E-state index in [1.807, 2.05) is 0 Å². The zero-order valence-electron chi connectivity index (χ0n) is 15.6. The van der Waals surface area contributed by atoms with Crippen LogP contribution in [0.5, 0.6) is 5.75 Å². The molecule has 1 aliphatic rings. The van der Waals surface area contributed by atoms with Crippen LogP contribution in [-0.2, 0) is 16.6 Å². The highest BCUT2D eigenvalue weighted by molar-refractivity contribution is 7.88. The predicted octanol–water partition coefficient (Wildman–Crippen LogP) is 2.54. The van der Waals surface area contributed by atoms with E-state index >= 15 is 0 Å². The summed E-state index contributed by atoms with van der Waals surface area (Å²) in [4.78, 5) is 14.5. The van der Waals surface area contributed by atoms with Gasteiger partial charge in [0.2, 0.25) is 10.0 Å². The lowest BCUT2D eigenvalue weighted by molar-refractivity contribution is 0.0582. The molecule has 1 amide bonds. The number of carbonyl (C=O) groups is 1. The molecular weight excluding hydrogens is 387 g/mol. The molecule has 152 valence electrons. The summed E-state index contributed by atoms with van der Waals surface area (Å²) >= 11 is 0. The second-order valence-electron chi connectivity index (χ2n) is 6.78. The van der Waals surface area contributed by atoms with E-state index in [1.165, 1.54) is 24.3 Å². The molecule has 1 unspecified atom stereocenters. The molecule has 1 fully saturated rings. The highest BCUT2D eigenvalue weighted by Crippen LogP contribution is 2.21. The van der Waals surface area contributed by atoms with Gasteiger partial charge in [-0.25, -0.2) is 17.5 Å². The van der Waals surface area contributed by atoms with Gasteiger partial charge in [0.05, 0.1) is 6.26 Å². The Bertz CT molecular complexity index is 911. The molecule has 2 heterocycles. The lowest BCUT2D eigenvalue weighted by Gasteiger charge is -2.35. The van der Waals surface area contributed by atoms with Crippen molar-refractivity contribution >= 4 is 15.9 Å². The van der Waals surface area contributed by atoms with Crippen molar-refractivity contribution in [3.05, 3.63) is 53.7 Å². The van der Waals surface area contributed by atoms with Gasteiger partial charge in [0.25, 0.3) is 5.91 Å². The van der Waals surface area contributed by atoms with E-state index < -0.39 is 10.0 Å². The quantitative estimate of drug-likeness (QED) is 0.758. The van der Waals surface area contributed by atoms with Gasteiger partial charge in [-0.2, -0.15) is 0 Å². The van der Waals surface area contributed by atoms with Gasteiger partial charge in [-0.3, -0.25) is 4.79 Å². The first-order valence-corrected chi connectivity index (χ1v) is 10.9. The molecule has 28 heavy (non-hydrogen) atoms. The monoisotopic (exact) mass is 410 g/mol. The fourth-order valence-corrected chi connectivity index (χ4v) is 3.62. The molecule has 1 aromatic carbocycles. The van der Waals surface area contributed by atoms with E-state index in [1.54, 1.807) is 17.0 Å². The number of piperidine rings is 1. The van der Waals surface area contributed by atoms with Crippen molar-refractivity contribution in [3.63, 3.8) is 0 Å².